The molecule has 3 rings (SSSR count). The van der Waals surface area contributed by atoms with Crippen LogP contribution < -0.4 is 10.9 Å². The molecule has 2 N–H and O–H groups in total. The standard InChI is InChI=1S/C16H19N3O3/c1-10-7-13(20)9-19(10)16(22)17-12-4-3-11-5-6-18(2)15(21)14(11)8-12/h3-6,8,10,13,20H,7,9H2,1-2H3,(H,17,22). The summed E-state index contributed by atoms with van der Waals surface area (Å²) in [6.07, 6.45) is 1.84. The van der Waals surface area contributed by atoms with Gasteiger partial charge in [-0.1, -0.05) is 6.07 Å². The molecule has 0 aliphatic carbocycles. The van der Waals surface area contributed by atoms with Gasteiger partial charge in [0, 0.05) is 36.9 Å². The summed E-state index contributed by atoms with van der Waals surface area (Å²) in [6.45, 7) is 2.24. The van der Waals surface area contributed by atoms with E-state index < -0.39 is 6.10 Å². The van der Waals surface area contributed by atoms with E-state index in [0.29, 0.717) is 24.0 Å². The number of aliphatic hydroxyl groups excluding tert-OH is 1. The number of aromatic nitrogens is 1. The number of hydrogen-bond acceptors (Lipinski definition) is 3. The van der Waals surface area contributed by atoms with Crippen LogP contribution in [-0.4, -0.2) is 39.3 Å². The van der Waals surface area contributed by atoms with E-state index in [0.717, 1.165) is 5.39 Å². The Morgan fingerprint density at radius 1 is 1.36 bits per heavy atom. The highest BCUT2D eigenvalue weighted by atomic mass is 16.3. The molecule has 1 saturated heterocycles. The number of aliphatic hydroxyl groups is 1. The van der Waals surface area contributed by atoms with E-state index in [4.69, 9.17) is 0 Å². The van der Waals surface area contributed by atoms with Gasteiger partial charge in [0.05, 0.1) is 6.10 Å². The smallest absolute Gasteiger partial charge is 0.322 e. The fraction of sp³-hybridized carbons (Fsp3) is 0.375. The zero-order chi connectivity index (χ0) is 15.9. The molecule has 2 unspecified atom stereocenters. The van der Waals surface area contributed by atoms with Crippen LogP contribution in [0.25, 0.3) is 10.8 Å². The number of pyridine rings is 1. The number of benzene rings is 1. The van der Waals surface area contributed by atoms with Crippen molar-refractivity contribution in [3.8, 4) is 0 Å². The van der Waals surface area contributed by atoms with Crippen molar-refractivity contribution in [2.75, 3.05) is 11.9 Å². The van der Waals surface area contributed by atoms with Crippen LogP contribution in [0.1, 0.15) is 13.3 Å². The number of aryl methyl sites for hydroxylation is 1. The second-order valence-electron chi connectivity index (χ2n) is 5.85. The number of amides is 2. The van der Waals surface area contributed by atoms with Gasteiger partial charge in [0.2, 0.25) is 0 Å². The summed E-state index contributed by atoms with van der Waals surface area (Å²) < 4.78 is 1.51. The number of likely N-dealkylation sites (tertiary alicyclic amines) is 1. The molecule has 0 bridgehead atoms. The van der Waals surface area contributed by atoms with E-state index in [1.165, 1.54) is 4.57 Å². The summed E-state index contributed by atoms with van der Waals surface area (Å²) in [5, 5.41) is 13.8. The number of nitrogens with one attached hydrogen (secondary N) is 1. The molecule has 1 aliphatic rings. The number of hydrogen-bond donors (Lipinski definition) is 2. The Morgan fingerprint density at radius 3 is 2.82 bits per heavy atom. The average molecular weight is 301 g/mol. The molecule has 6 heteroatoms. The predicted molar refractivity (Wildman–Crippen MR) is 85.0 cm³/mol. The second-order valence-corrected chi connectivity index (χ2v) is 5.85. The second kappa shape index (κ2) is 5.46. The van der Waals surface area contributed by atoms with Crippen LogP contribution in [0.3, 0.4) is 0 Å². The van der Waals surface area contributed by atoms with Gasteiger partial charge in [0.1, 0.15) is 0 Å². The van der Waals surface area contributed by atoms with Crippen molar-refractivity contribution in [2.24, 2.45) is 7.05 Å². The van der Waals surface area contributed by atoms with Crippen LogP contribution in [0, 0.1) is 0 Å². The molecular formula is C16H19N3O3. The van der Waals surface area contributed by atoms with Gasteiger partial charge in [-0.15, -0.1) is 0 Å². The Kier molecular flexibility index (Phi) is 3.62. The average Bonchev–Trinajstić information content (AvgIpc) is 2.82. The first-order valence-corrected chi connectivity index (χ1v) is 7.31. The van der Waals surface area contributed by atoms with E-state index >= 15 is 0 Å². The molecule has 1 aromatic carbocycles. The van der Waals surface area contributed by atoms with E-state index in [2.05, 4.69) is 5.32 Å². The molecule has 2 amide bonds. The molecule has 116 valence electrons. The number of rotatable bonds is 1. The molecule has 6 nitrogen and oxygen atoms in total. The molecule has 22 heavy (non-hydrogen) atoms. The number of β-amino-alcohol motifs (C(OH)–C–C–N with tert-alkyl or cyclic N) is 1. The van der Waals surface area contributed by atoms with Crippen molar-refractivity contribution in [2.45, 2.75) is 25.5 Å². The number of anilines is 1. The Labute approximate surface area is 128 Å². The van der Waals surface area contributed by atoms with Crippen molar-refractivity contribution < 1.29 is 9.90 Å². The third kappa shape index (κ3) is 2.57. The summed E-state index contributed by atoms with van der Waals surface area (Å²) in [7, 11) is 1.69. The number of carbonyl (C=O) groups is 1. The van der Waals surface area contributed by atoms with Crippen LogP contribution in [0.2, 0.25) is 0 Å². The van der Waals surface area contributed by atoms with Gasteiger partial charge in [-0.05, 0) is 36.9 Å². The molecule has 1 fully saturated rings. The van der Waals surface area contributed by atoms with Gasteiger partial charge in [-0.25, -0.2) is 4.79 Å². The van der Waals surface area contributed by atoms with Gasteiger partial charge < -0.3 is 19.9 Å². The molecule has 0 spiro atoms. The van der Waals surface area contributed by atoms with Crippen molar-refractivity contribution in [3.05, 3.63) is 40.8 Å². The zero-order valence-corrected chi connectivity index (χ0v) is 12.6. The zero-order valence-electron chi connectivity index (χ0n) is 12.6. The Hall–Kier alpha value is -2.34. The minimum Gasteiger partial charge on any atom is -0.391 e. The van der Waals surface area contributed by atoms with Crippen molar-refractivity contribution >= 4 is 22.5 Å². The lowest BCUT2D eigenvalue weighted by molar-refractivity contribution is 0.176. The number of urea groups is 1. The van der Waals surface area contributed by atoms with Crippen molar-refractivity contribution in [1.82, 2.24) is 9.47 Å². The molecule has 2 aromatic rings. The van der Waals surface area contributed by atoms with Gasteiger partial charge in [-0.3, -0.25) is 4.79 Å². The summed E-state index contributed by atoms with van der Waals surface area (Å²) >= 11 is 0. The Balaban J connectivity index is 1.86. The highest BCUT2D eigenvalue weighted by molar-refractivity contribution is 5.93. The highest BCUT2D eigenvalue weighted by Crippen LogP contribution is 2.20. The Bertz CT molecular complexity index is 784. The maximum atomic E-state index is 12.3. The predicted octanol–water partition coefficient (Wildman–Crippen LogP) is 1.53. The van der Waals surface area contributed by atoms with Gasteiger partial charge in [0.15, 0.2) is 0 Å². The lowest BCUT2D eigenvalue weighted by Gasteiger charge is -2.21. The first kappa shape index (κ1) is 14.6. The maximum Gasteiger partial charge on any atom is 0.322 e. The van der Waals surface area contributed by atoms with Crippen LogP contribution >= 0.6 is 0 Å². The molecule has 2 atom stereocenters. The molecule has 1 aromatic heterocycles. The number of carbonyl (C=O) groups excluding carboxylic acids is 1. The van der Waals surface area contributed by atoms with Crippen LogP contribution in [0.15, 0.2) is 35.3 Å². The third-order valence-corrected chi connectivity index (χ3v) is 4.15. The Morgan fingerprint density at radius 2 is 2.14 bits per heavy atom. The van der Waals surface area contributed by atoms with Crippen LogP contribution in [0.5, 0.6) is 0 Å². The molecule has 0 saturated carbocycles. The van der Waals surface area contributed by atoms with E-state index in [-0.39, 0.29) is 17.6 Å². The molecule has 0 radical (unpaired) electrons. The van der Waals surface area contributed by atoms with Crippen LogP contribution in [-0.2, 0) is 7.05 Å². The lowest BCUT2D eigenvalue weighted by atomic mass is 10.1. The molecule has 2 heterocycles. The molecule has 1 aliphatic heterocycles. The quantitative estimate of drug-likeness (QED) is 0.838. The number of nitrogens with zero attached hydrogens (tertiary/aromatic N) is 2. The summed E-state index contributed by atoms with van der Waals surface area (Å²) in [6, 6.07) is 6.89. The maximum absolute atomic E-state index is 12.3. The summed E-state index contributed by atoms with van der Waals surface area (Å²) in [4.78, 5) is 26.0. The minimum absolute atomic E-state index is 0.00308. The van der Waals surface area contributed by atoms with Gasteiger partial charge >= 0.3 is 6.03 Å². The molecular weight excluding hydrogens is 282 g/mol. The fourth-order valence-corrected chi connectivity index (χ4v) is 2.90. The van der Waals surface area contributed by atoms with Gasteiger partial charge in [0.25, 0.3) is 5.56 Å². The van der Waals surface area contributed by atoms with E-state index in [1.54, 1.807) is 30.3 Å². The van der Waals surface area contributed by atoms with Crippen LogP contribution in [0.4, 0.5) is 10.5 Å². The largest absolute Gasteiger partial charge is 0.391 e. The summed E-state index contributed by atoms with van der Waals surface area (Å²) in [5.74, 6) is 0. The number of fused-ring (bicyclic) bond motifs is 1. The highest BCUT2D eigenvalue weighted by Gasteiger charge is 2.31. The van der Waals surface area contributed by atoms with Crippen molar-refractivity contribution in [3.63, 3.8) is 0 Å². The van der Waals surface area contributed by atoms with E-state index in [9.17, 15) is 14.7 Å². The van der Waals surface area contributed by atoms with Crippen molar-refractivity contribution in [1.29, 1.82) is 0 Å². The monoisotopic (exact) mass is 301 g/mol. The topological polar surface area (TPSA) is 74.6 Å². The third-order valence-electron chi connectivity index (χ3n) is 4.15. The van der Waals surface area contributed by atoms with Gasteiger partial charge in [-0.2, -0.15) is 0 Å². The SMILES string of the molecule is CC1CC(O)CN1C(=O)Nc1ccc2ccn(C)c(=O)c2c1. The minimum atomic E-state index is -0.468. The van der Waals surface area contributed by atoms with E-state index in [1.807, 2.05) is 19.1 Å². The normalized spacial score (nSPS) is 21.3. The fourth-order valence-electron chi connectivity index (χ4n) is 2.90. The lowest BCUT2D eigenvalue weighted by Crippen LogP contribution is -2.37. The summed E-state index contributed by atoms with van der Waals surface area (Å²) in [5.41, 5.74) is 0.480. The first-order chi connectivity index (χ1) is 10.5. The first-order valence-electron chi connectivity index (χ1n) is 7.31.